The van der Waals surface area contributed by atoms with Gasteiger partial charge in [0.25, 0.3) is 11.8 Å². The number of piperidine rings is 1. The van der Waals surface area contributed by atoms with Gasteiger partial charge in [0.2, 0.25) is 6.79 Å². The minimum absolute atomic E-state index is 0.126. The quantitative estimate of drug-likeness (QED) is 0.415. The molecule has 38 heavy (non-hydrogen) atoms. The molecular formula is C31H35N3O4. The molecule has 0 aromatic heterocycles. The minimum Gasteiger partial charge on any atom is -0.454 e. The van der Waals surface area contributed by atoms with Crippen LogP contribution in [0.4, 0.5) is 11.4 Å². The summed E-state index contributed by atoms with van der Waals surface area (Å²) in [6.45, 7) is 6.67. The van der Waals surface area contributed by atoms with Gasteiger partial charge in [0.05, 0.1) is 5.56 Å². The zero-order valence-electron chi connectivity index (χ0n) is 22.0. The van der Waals surface area contributed by atoms with Gasteiger partial charge in [0, 0.05) is 36.6 Å². The molecule has 3 aromatic rings. The van der Waals surface area contributed by atoms with Crippen molar-refractivity contribution < 1.29 is 19.1 Å². The highest BCUT2D eigenvalue weighted by Gasteiger charge is 2.24. The Morgan fingerprint density at radius 1 is 0.921 bits per heavy atom. The Balaban J connectivity index is 1.31. The van der Waals surface area contributed by atoms with Gasteiger partial charge in [-0.1, -0.05) is 44.2 Å². The summed E-state index contributed by atoms with van der Waals surface area (Å²) in [5.74, 6) is 1.75. The first-order valence-corrected chi connectivity index (χ1v) is 13.4. The fourth-order valence-electron chi connectivity index (χ4n) is 5.03. The SMILES string of the molecule is CC(C)CNC(=O)c1cc(NC(=O)c2ccc3c(c2)OCO3)ccc1N1CCC(Cc2ccccc2)CC1. The number of amides is 2. The maximum absolute atomic E-state index is 13.3. The third-order valence-corrected chi connectivity index (χ3v) is 7.13. The summed E-state index contributed by atoms with van der Waals surface area (Å²) in [6, 6.07) is 21.3. The summed E-state index contributed by atoms with van der Waals surface area (Å²) in [5, 5.41) is 5.99. The monoisotopic (exact) mass is 513 g/mol. The van der Waals surface area contributed by atoms with E-state index in [-0.39, 0.29) is 18.6 Å². The first kappa shape index (κ1) is 25.6. The Morgan fingerprint density at radius 3 is 2.45 bits per heavy atom. The van der Waals surface area contributed by atoms with E-state index in [1.54, 1.807) is 24.3 Å². The molecule has 7 heteroatoms. The zero-order chi connectivity index (χ0) is 26.5. The molecule has 0 saturated carbocycles. The van der Waals surface area contributed by atoms with E-state index in [9.17, 15) is 9.59 Å². The van der Waals surface area contributed by atoms with Gasteiger partial charge in [-0.25, -0.2) is 0 Å². The zero-order valence-corrected chi connectivity index (χ0v) is 22.0. The smallest absolute Gasteiger partial charge is 0.255 e. The van der Waals surface area contributed by atoms with Crippen molar-refractivity contribution in [2.75, 3.05) is 36.6 Å². The lowest BCUT2D eigenvalue weighted by Crippen LogP contribution is -2.36. The molecule has 7 nitrogen and oxygen atoms in total. The molecule has 2 N–H and O–H groups in total. The van der Waals surface area contributed by atoms with Crippen molar-refractivity contribution in [1.29, 1.82) is 0 Å². The molecular weight excluding hydrogens is 478 g/mol. The van der Waals surface area contributed by atoms with Crippen molar-refractivity contribution in [3.8, 4) is 11.5 Å². The van der Waals surface area contributed by atoms with E-state index >= 15 is 0 Å². The maximum Gasteiger partial charge on any atom is 0.255 e. The normalized spacial score (nSPS) is 15.0. The van der Waals surface area contributed by atoms with Gasteiger partial charge in [-0.05, 0) is 73.1 Å². The number of fused-ring (bicyclic) bond motifs is 1. The van der Waals surface area contributed by atoms with Crippen molar-refractivity contribution in [3.05, 3.63) is 83.4 Å². The number of hydrogen-bond acceptors (Lipinski definition) is 5. The second-order valence-electron chi connectivity index (χ2n) is 10.5. The highest BCUT2D eigenvalue weighted by atomic mass is 16.7. The molecule has 5 rings (SSSR count). The van der Waals surface area contributed by atoms with Gasteiger partial charge in [0.15, 0.2) is 11.5 Å². The topological polar surface area (TPSA) is 79.9 Å². The van der Waals surface area contributed by atoms with Crippen LogP contribution in [0.5, 0.6) is 11.5 Å². The molecule has 0 radical (unpaired) electrons. The molecule has 1 saturated heterocycles. The van der Waals surface area contributed by atoms with E-state index in [1.165, 1.54) is 5.56 Å². The predicted molar refractivity (Wildman–Crippen MR) is 149 cm³/mol. The molecule has 198 valence electrons. The van der Waals surface area contributed by atoms with Crippen LogP contribution in [0.3, 0.4) is 0 Å². The van der Waals surface area contributed by atoms with Crippen LogP contribution in [0.25, 0.3) is 0 Å². The number of anilines is 2. The molecule has 0 aliphatic carbocycles. The number of ether oxygens (including phenoxy) is 2. The molecule has 2 aliphatic rings. The Hall–Kier alpha value is -4.00. The lowest BCUT2D eigenvalue weighted by molar-refractivity contribution is 0.0948. The average Bonchev–Trinajstić information content (AvgIpc) is 3.41. The third-order valence-electron chi connectivity index (χ3n) is 7.13. The molecule has 2 amide bonds. The fourth-order valence-corrected chi connectivity index (χ4v) is 5.03. The van der Waals surface area contributed by atoms with Crippen molar-refractivity contribution >= 4 is 23.2 Å². The maximum atomic E-state index is 13.3. The van der Waals surface area contributed by atoms with Crippen molar-refractivity contribution in [3.63, 3.8) is 0 Å². The van der Waals surface area contributed by atoms with E-state index in [0.29, 0.717) is 46.7 Å². The summed E-state index contributed by atoms with van der Waals surface area (Å²) >= 11 is 0. The van der Waals surface area contributed by atoms with Gasteiger partial charge in [-0.2, -0.15) is 0 Å². The average molecular weight is 514 g/mol. The van der Waals surface area contributed by atoms with Gasteiger partial charge in [-0.15, -0.1) is 0 Å². The van der Waals surface area contributed by atoms with E-state index in [4.69, 9.17) is 9.47 Å². The first-order chi connectivity index (χ1) is 18.5. The number of rotatable bonds is 8. The van der Waals surface area contributed by atoms with Gasteiger partial charge < -0.3 is 25.0 Å². The van der Waals surface area contributed by atoms with Crippen LogP contribution >= 0.6 is 0 Å². The largest absolute Gasteiger partial charge is 0.454 e. The van der Waals surface area contributed by atoms with Crippen LogP contribution < -0.4 is 25.0 Å². The third kappa shape index (κ3) is 6.10. The Kier molecular flexibility index (Phi) is 7.82. The number of nitrogens with zero attached hydrogens (tertiary/aromatic N) is 1. The van der Waals surface area contributed by atoms with Gasteiger partial charge in [0.1, 0.15) is 0 Å². The summed E-state index contributed by atoms with van der Waals surface area (Å²) < 4.78 is 10.7. The predicted octanol–water partition coefficient (Wildman–Crippen LogP) is 5.51. The van der Waals surface area contributed by atoms with E-state index in [2.05, 4.69) is 59.7 Å². The number of benzene rings is 3. The Bertz CT molecular complexity index is 1280. The van der Waals surface area contributed by atoms with E-state index in [0.717, 1.165) is 38.0 Å². The summed E-state index contributed by atoms with van der Waals surface area (Å²) in [7, 11) is 0. The molecule has 2 aliphatic heterocycles. The molecule has 3 aromatic carbocycles. The molecule has 0 spiro atoms. The highest BCUT2D eigenvalue weighted by Crippen LogP contribution is 2.33. The fraction of sp³-hybridized carbons (Fsp3) is 0.355. The standard InChI is InChI=1S/C31H35N3O4/c1-21(2)19-32-31(36)26-18-25(33-30(35)24-8-11-28-29(17-24)38-20-37-28)9-10-27(26)34-14-12-23(13-15-34)16-22-6-4-3-5-7-22/h3-11,17-18,21,23H,12-16,19-20H2,1-2H3,(H,32,36)(H,33,35). The number of hydrogen-bond donors (Lipinski definition) is 2. The molecule has 1 fully saturated rings. The highest BCUT2D eigenvalue weighted by molar-refractivity contribution is 6.06. The van der Waals surface area contributed by atoms with Crippen LogP contribution in [-0.4, -0.2) is 38.2 Å². The van der Waals surface area contributed by atoms with Gasteiger partial charge in [-0.3, -0.25) is 9.59 Å². The van der Waals surface area contributed by atoms with Crippen molar-refractivity contribution in [1.82, 2.24) is 5.32 Å². The summed E-state index contributed by atoms with van der Waals surface area (Å²) in [6.07, 6.45) is 3.23. The number of carbonyl (C=O) groups is 2. The summed E-state index contributed by atoms with van der Waals surface area (Å²) in [4.78, 5) is 28.5. The number of nitrogens with one attached hydrogen (secondary N) is 2. The lowest BCUT2D eigenvalue weighted by atomic mass is 9.89. The van der Waals surface area contributed by atoms with Gasteiger partial charge >= 0.3 is 0 Å². The molecule has 0 unspecified atom stereocenters. The first-order valence-electron chi connectivity index (χ1n) is 13.4. The van der Waals surface area contributed by atoms with E-state index in [1.807, 2.05) is 12.1 Å². The Morgan fingerprint density at radius 2 is 1.68 bits per heavy atom. The van der Waals surface area contributed by atoms with Crippen LogP contribution in [0, 0.1) is 11.8 Å². The minimum atomic E-state index is -0.272. The molecule has 0 bridgehead atoms. The van der Waals surface area contributed by atoms with Crippen LogP contribution in [0.2, 0.25) is 0 Å². The van der Waals surface area contributed by atoms with Crippen LogP contribution in [0.1, 0.15) is 53.0 Å². The van der Waals surface area contributed by atoms with E-state index < -0.39 is 0 Å². The summed E-state index contributed by atoms with van der Waals surface area (Å²) in [5.41, 5.74) is 3.90. The molecule has 0 atom stereocenters. The van der Waals surface area contributed by atoms with Crippen LogP contribution in [-0.2, 0) is 6.42 Å². The second-order valence-corrected chi connectivity index (χ2v) is 10.5. The molecule has 2 heterocycles. The number of carbonyl (C=O) groups excluding carboxylic acids is 2. The lowest BCUT2D eigenvalue weighted by Gasteiger charge is -2.35. The Labute approximate surface area is 224 Å². The van der Waals surface area contributed by atoms with Crippen molar-refractivity contribution in [2.45, 2.75) is 33.1 Å². The second kappa shape index (κ2) is 11.6. The van der Waals surface area contributed by atoms with Crippen molar-refractivity contribution in [2.24, 2.45) is 11.8 Å². The van der Waals surface area contributed by atoms with Crippen LogP contribution in [0.15, 0.2) is 66.7 Å².